The van der Waals surface area contributed by atoms with E-state index in [1.807, 2.05) is 60.7 Å². The Morgan fingerprint density at radius 3 is 1.30 bits per heavy atom. The lowest BCUT2D eigenvalue weighted by atomic mass is 10.1. The summed E-state index contributed by atoms with van der Waals surface area (Å²) in [5.74, 6) is 0.0539. The van der Waals surface area contributed by atoms with E-state index < -0.39 is 0 Å². The first-order valence-corrected chi connectivity index (χ1v) is 11.6. The molecule has 0 aliphatic heterocycles. The molecule has 2 aromatic carbocycles. The number of rotatable bonds is 18. The maximum atomic E-state index is 11.8. The summed E-state index contributed by atoms with van der Waals surface area (Å²) in [7, 11) is 0. The first kappa shape index (κ1) is 26.5. The Bertz CT molecular complexity index is 705. The van der Waals surface area contributed by atoms with E-state index in [4.69, 9.17) is 14.2 Å². The summed E-state index contributed by atoms with van der Waals surface area (Å²) in [5, 5.41) is 5.80. The van der Waals surface area contributed by atoms with Gasteiger partial charge in [0, 0.05) is 26.3 Å². The monoisotopic (exact) mass is 456 g/mol. The van der Waals surface area contributed by atoms with Crippen molar-refractivity contribution in [3.63, 3.8) is 0 Å². The van der Waals surface area contributed by atoms with Gasteiger partial charge in [-0.2, -0.15) is 0 Å². The second-order valence-electron chi connectivity index (χ2n) is 7.57. The number of carbonyl (C=O) groups excluding carboxylic acids is 2. The maximum Gasteiger partial charge on any atom is 0.224 e. The number of ether oxygens (including phenoxy) is 3. The molecule has 2 N–H and O–H groups in total. The fourth-order valence-corrected chi connectivity index (χ4v) is 3.03. The summed E-state index contributed by atoms with van der Waals surface area (Å²) in [5.41, 5.74) is 2.02. The summed E-state index contributed by atoms with van der Waals surface area (Å²) >= 11 is 0. The van der Waals surface area contributed by atoms with Gasteiger partial charge in [0.25, 0.3) is 0 Å². The van der Waals surface area contributed by atoms with E-state index in [1.54, 1.807) is 0 Å². The fourth-order valence-electron chi connectivity index (χ4n) is 3.03. The van der Waals surface area contributed by atoms with Crippen LogP contribution in [0.5, 0.6) is 0 Å². The first-order valence-electron chi connectivity index (χ1n) is 11.6. The molecule has 0 heterocycles. The predicted molar refractivity (Wildman–Crippen MR) is 128 cm³/mol. The van der Waals surface area contributed by atoms with Gasteiger partial charge >= 0.3 is 0 Å². The van der Waals surface area contributed by atoms with Crippen LogP contribution in [0.1, 0.15) is 24.0 Å². The van der Waals surface area contributed by atoms with Gasteiger partial charge in [0.1, 0.15) is 0 Å². The van der Waals surface area contributed by atoms with Crippen molar-refractivity contribution in [2.45, 2.75) is 25.7 Å². The van der Waals surface area contributed by atoms with E-state index in [0.717, 1.165) is 24.0 Å². The molecular weight excluding hydrogens is 420 g/mol. The van der Waals surface area contributed by atoms with Gasteiger partial charge in [-0.15, -0.1) is 0 Å². The molecular formula is C26H36N2O5. The largest absolute Gasteiger partial charge is 0.379 e. The molecule has 33 heavy (non-hydrogen) atoms. The van der Waals surface area contributed by atoms with E-state index >= 15 is 0 Å². The van der Waals surface area contributed by atoms with E-state index in [1.165, 1.54) is 0 Å². The molecule has 7 heteroatoms. The molecule has 0 spiro atoms. The summed E-state index contributed by atoms with van der Waals surface area (Å²) in [6, 6.07) is 19.4. The van der Waals surface area contributed by atoms with Crippen LogP contribution < -0.4 is 10.6 Å². The van der Waals surface area contributed by atoms with Crippen LogP contribution in [0.3, 0.4) is 0 Å². The van der Waals surface area contributed by atoms with E-state index in [2.05, 4.69) is 10.6 Å². The van der Waals surface area contributed by atoms with Gasteiger partial charge in [0.05, 0.1) is 39.3 Å². The third-order valence-electron chi connectivity index (χ3n) is 4.73. The van der Waals surface area contributed by atoms with Crippen LogP contribution in [0.2, 0.25) is 0 Å². The quantitative estimate of drug-likeness (QED) is 0.337. The number of nitrogens with one attached hydrogen (secondary N) is 2. The van der Waals surface area contributed by atoms with Crippen molar-refractivity contribution < 1.29 is 23.8 Å². The molecule has 2 aromatic rings. The molecule has 0 radical (unpaired) electrons. The Kier molecular flexibility index (Phi) is 14.3. The molecule has 0 unspecified atom stereocenters. The normalized spacial score (nSPS) is 10.7. The van der Waals surface area contributed by atoms with Gasteiger partial charge in [-0.25, -0.2) is 0 Å². The van der Waals surface area contributed by atoms with Crippen molar-refractivity contribution in [2.24, 2.45) is 0 Å². The second kappa shape index (κ2) is 17.8. The molecule has 0 aromatic heterocycles. The maximum absolute atomic E-state index is 11.8. The number of benzene rings is 2. The molecule has 2 amide bonds. The topological polar surface area (TPSA) is 85.9 Å². The van der Waals surface area contributed by atoms with Gasteiger partial charge in [-0.05, 0) is 24.0 Å². The van der Waals surface area contributed by atoms with Crippen LogP contribution in [0.25, 0.3) is 0 Å². The molecule has 0 fully saturated rings. The first-order chi connectivity index (χ1) is 16.2. The zero-order valence-electron chi connectivity index (χ0n) is 19.3. The lowest BCUT2D eigenvalue weighted by Gasteiger charge is -2.08. The SMILES string of the molecule is O=C(Cc1ccccc1)NCCCOCCOCCOCCCNC(=O)Cc1ccccc1. The van der Waals surface area contributed by atoms with Crippen molar-refractivity contribution in [2.75, 3.05) is 52.7 Å². The highest BCUT2D eigenvalue weighted by atomic mass is 16.5. The van der Waals surface area contributed by atoms with Crippen LogP contribution >= 0.6 is 0 Å². The Morgan fingerprint density at radius 1 is 0.545 bits per heavy atom. The lowest BCUT2D eigenvalue weighted by molar-refractivity contribution is -0.121. The van der Waals surface area contributed by atoms with Crippen LogP contribution in [0, 0.1) is 0 Å². The average Bonchev–Trinajstić information content (AvgIpc) is 2.83. The summed E-state index contributed by atoms with van der Waals surface area (Å²) < 4.78 is 16.5. The van der Waals surface area contributed by atoms with Crippen LogP contribution in [0.15, 0.2) is 60.7 Å². The number of amides is 2. The molecule has 0 aliphatic rings. The third kappa shape index (κ3) is 14.1. The van der Waals surface area contributed by atoms with E-state index in [-0.39, 0.29) is 11.8 Å². The molecule has 0 aliphatic carbocycles. The fraction of sp³-hybridized carbons (Fsp3) is 0.462. The summed E-state index contributed by atoms with van der Waals surface area (Å²) in [4.78, 5) is 23.7. The molecule has 0 saturated carbocycles. The Hall–Kier alpha value is -2.74. The zero-order chi connectivity index (χ0) is 23.4. The van der Waals surface area contributed by atoms with Crippen molar-refractivity contribution >= 4 is 11.8 Å². The molecule has 7 nitrogen and oxygen atoms in total. The molecule has 2 rings (SSSR count). The summed E-state index contributed by atoms with van der Waals surface area (Å²) in [6.45, 7) is 4.44. The standard InChI is InChI=1S/C26H36N2O5/c29-25(21-23-9-3-1-4-10-23)27-13-7-15-31-17-19-33-20-18-32-16-8-14-28-26(30)22-24-11-5-2-6-12-24/h1-6,9-12H,7-8,13-22H2,(H,27,29)(H,28,30). The molecule has 0 atom stereocenters. The average molecular weight is 457 g/mol. The number of hydrogen-bond acceptors (Lipinski definition) is 5. The van der Waals surface area contributed by atoms with Crippen molar-refractivity contribution in [1.82, 2.24) is 10.6 Å². The van der Waals surface area contributed by atoms with E-state index in [0.29, 0.717) is 65.6 Å². The smallest absolute Gasteiger partial charge is 0.224 e. The Balaban J connectivity index is 1.28. The minimum Gasteiger partial charge on any atom is -0.379 e. The highest BCUT2D eigenvalue weighted by molar-refractivity contribution is 5.78. The third-order valence-corrected chi connectivity index (χ3v) is 4.73. The van der Waals surface area contributed by atoms with Crippen molar-refractivity contribution in [1.29, 1.82) is 0 Å². The second-order valence-corrected chi connectivity index (χ2v) is 7.57. The summed E-state index contributed by atoms with van der Waals surface area (Å²) in [6.07, 6.45) is 2.35. The van der Waals surface area contributed by atoms with Crippen molar-refractivity contribution in [3.05, 3.63) is 71.8 Å². The van der Waals surface area contributed by atoms with Gasteiger partial charge in [-0.3, -0.25) is 9.59 Å². The molecule has 0 bridgehead atoms. The predicted octanol–water partition coefficient (Wildman–Crippen LogP) is 2.53. The number of carbonyl (C=O) groups is 2. The van der Waals surface area contributed by atoms with Gasteiger partial charge in [0.2, 0.25) is 11.8 Å². The Morgan fingerprint density at radius 2 is 0.909 bits per heavy atom. The molecule has 180 valence electrons. The van der Waals surface area contributed by atoms with Gasteiger partial charge in [0.15, 0.2) is 0 Å². The van der Waals surface area contributed by atoms with Crippen LogP contribution in [0.4, 0.5) is 0 Å². The van der Waals surface area contributed by atoms with Crippen molar-refractivity contribution in [3.8, 4) is 0 Å². The molecule has 0 saturated heterocycles. The van der Waals surface area contributed by atoms with Gasteiger partial charge in [-0.1, -0.05) is 60.7 Å². The highest BCUT2D eigenvalue weighted by Crippen LogP contribution is 2.00. The lowest BCUT2D eigenvalue weighted by Crippen LogP contribution is -2.27. The van der Waals surface area contributed by atoms with Crippen LogP contribution in [-0.2, 0) is 36.6 Å². The zero-order valence-corrected chi connectivity index (χ0v) is 19.3. The minimum absolute atomic E-state index is 0.0269. The van der Waals surface area contributed by atoms with Gasteiger partial charge < -0.3 is 24.8 Å². The minimum atomic E-state index is 0.0269. The Labute approximate surface area is 196 Å². The number of hydrogen-bond donors (Lipinski definition) is 2. The van der Waals surface area contributed by atoms with E-state index in [9.17, 15) is 9.59 Å². The van der Waals surface area contributed by atoms with Crippen LogP contribution in [-0.4, -0.2) is 64.5 Å². The highest BCUT2D eigenvalue weighted by Gasteiger charge is 2.03.